The van der Waals surface area contributed by atoms with Gasteiger partial charge in [-0.25, -0.2) is 0 Å². The summed E-state index contributed by atoms with van der Waals surface area (Å²) in [7, 11) is -1.28. The van der Waals surface area contributed by atoms with Crippen molar-refractivity contribution in [1.82, 2.24) is 0 Å². The minimum atomic E-state index is -1.28. The van der Waals surface area contributed by atoms with E-state index in [1.165, 1.54) is 54.9 Å². The van der Waals surface area contributed by atoms with Gasteiger partial charge in [0.2, 0.25) is 0 Å². The molecule has 0 unspecified atom stereocenters. The highest BCUT2D eigenvalue weighted by atomic mass is 28.3. The van der Waals surface area contributed by atoms with Crippen molar-refractivity contribution in [3.05, 3.63) is 125 Å². The molecule has 0 aliphatic heterocycles. The Bertz CT molecular complexity index is 1590. The molecule has 1 aliphatic carbocycles. The SMILES string of the molecule is C=CCOc1c([Si](CC2c3cc(C(C)(C)C)ccc3-c3ccc(C(C)(C)C)cc32)c2ccccc2)cc(C)cc1C(C)(C)C. The van der Waals surface area contributed by atoms with Crippen LogP contribution in [0.3, 0.4) is 0 Å². The lowest BCUT2D eigenvalue weighted by Crippen LogP contribution is -2.44. The zero-order valence-electron chi connectivity index (χ0n) is 28.7. The highest BCUT2D eigenvalue weighted by Crippen LogP contribution is 2.49. The van der Waals surface area contributed by atoms with Crippen LogP contribution in [-0.4, -0.2) is 15.4 Å². The van der Waals surface area contributed by atoms with Gasteiger partial charge >= 0.3 is 0 Å². The summed E-state index contributed by atoms with van der Waals surface area (Å²) in [4.78, 5) is 0. The van der Waals surface area contributed by atoms with Gasteiger partial charge in [-0.05, 0) is 73.3 Å². The van der Waals surface area contributed by atoms with Crippen molar-refractivity contribution in [3.63, 3.8) is 0 Å². The van der Waals surface area contributed by atoms with Crippen LogP contribution in [0.4, 0.5) is 0 Å². The topological polar surface area (TPSA) is 9.23 Å². The van der Waals surface area contributed by atoms with Gasteiger partial charge in [-0.2, -0.15) is 0 Å². The summed E-state index contributed by atoms with van der Waals surface area (Å²) < 4.78 is 6.64. The maximum Gasteiger partial charge on any atom is 0.127 e. The monoisotopic (exact) mass is 599 g/mol. The molecule has 0 bridgehead atoms. The molecule has 2 heteroatoms. The van der Waals surface area contributed by atoms with Crippen LogP contribution in [0.15, 0.2) is 91.5 Å². The third kappa shape index (κ3) is 6.38. The Morgan fingerprint density at radius 2 is 1.25 bits per heavy atom. The number of aryl methyl sites for hydroxylation is 1. The summed E-state index contributed by atoms with van der Waals surface area (Å²) in [6, 6.07) is 31.6. The molecule has 0 N–H and O–H groups in total. The Kier molecular flexibility index (Phi) is 8.64. The first-order valence-corrected chi connectivity index (χ1v) is 17.9. The average molecular weight is 600 g/mol. The fourth-order valence-electron chi connectivity index (χ4n) is 6.59. The van der Waals surface area contributed by atoms with E-state index >= 15 is 0 Å². The highest BCUT2D eigenvalue weighted by molar-refractivity contribution is 6.86. The zero-order chi connectivity index (χ0) is 32.0. The molecule has 44 heavy (non-hydrogen) atoms. The molecule has 1 nitrogen and oxygen atoms in total. The molecule has 4 aromatic carbocycles. The minimum absolute atomic E-state index is 0.0449. The molecular weight excluding hydrogens is 549 g/mol. The van der Waals surface area contributed by atoms with Crippen molar-refractivity contribution in [1.29, 1.82) is 0 Å². The Balaban J connectivity index is 1.76. The Morgan fingerprint density at radius 1 is 0.705 bits per heavy atom. The van der Waals surface area contributed by atoms with E-state index in [4.69, 9.17) is 4.74 Å². The standard InChI is InChI=1S/C42H51OSi/c1-12-22-43-39-37(42(9,10)11)23-28(2)24-38(39)44(31-16-14-13-15-17-31)27-36-34-25-29(40(3,4)5)18-20-32(34)33-21-19-30(26-35(33)36)41(6,7)8/h12-21,23-26,36H,1,22,27H2,2-11H3. The van der Waals surface area contributed by atoms with Gasteiger partial charge < -0.3 is 4.74 Å². The van der Waals surface area contributed by atoms with Gasteiger partial charge in [-0.1, -0.05) is 165 Å². The fourth-order valence-corrected chi connectivity index (χ4v) is 9.68. The molecule has 5 rings (SSSR count). The van der Waals surface area contributed by atoms with Crippen LogP contribution in [0, 0.1) is 6.92 Å². The third-order valence-electron chi connectivity index (χ3n) is 9.12. The largest absolute Gasteiger partial charge is 0.489 e. The second-order valence-electron chi connectivity index (χ2n) is 15.7. The van der Waals surface area contributed by atoms with Crippen molar-refractivity contribution in [3.8, 4) is 16.9 Å². The molecule has 0 atom stereocenters. The number of fused-ring (bicyclic) bond motifs is 3. The molecule has 1 radical (unpaired) electrons. The average Bonchev–Trinajstić information content (AvgIpc) is 3.26. The summed E-state index contributed by atoms with van der Waals surface area (Å²) in [5, 5.41) is 2.81. The first-order chi connectivity index (χ1) is 20.6. The summed E-state index contributed by atoms with van der Waals surface area (Å²) in [6.07, 6.45) is 1.87. The molecule has 0 fully saturated rings. The molecule has 4 aromatic rings. The van der Waals surface area contributed by atoms with Gasteiger partial charge in [-0.15, -0.1) is 0 Å². The second-order valence-corrected chi connectivity index (χ2v) is 18.2. The molecule has 0 saturated carbocycles. The van der Waals surface area contributed by atoms with Crippen LogP contribution in [-0.2, 0) is 16.2 Å². The third-order valence-corrected chi connectivity index (χ3v) is 12.0. The molecular formula is C42H51OSi. The number of hydrogen-bond acceptors (Lipinski definition) is 1. The lowest BCUT2D eigenvalue weighted by molar-refractivity contribution is 0.354. The van der Waals surface area contributed by atoms with E-state index in [2.05, 4.69) is 155 Å². The van der Waals surface area contributed by atoms with Gasteiger partial charge in [0.1, 0.15) is 21.2 Å². The lowest BCUT2D eigenvalue weighted by atomic mass is 9.84. The van der Waals surface area contributed by atoms with E-state index in [0.29, 0.717) is 12.5 Å². The van der Waals surface area contributed by atoms with Crippen molar-refractivity contribution >= 4 is 19.2 Å². The van der Waals surface area contributed by atoms with E-state index in [1.807, 2.05) is 6.08 Å². The molecule has 0 saturated heterocycles. The molecule has 0 aromatic heterocycles. The Morgan fingerprint density at radius 3 is 1.73 bits per heavy atom. The van der Waals surface area contributed by atoms with Gasteiger partial charge in [0.15, 0.2) is 0 Å². The lowest BCUT2D eigenvalue weighted by Gasteiger charge is -2.30. The normalized spacial score (nSPS) is 13.6. The van der Waals surface area contributed by atoms with Gasteiger partial charge in [-0.3, -0.25) is 0 Å². The number of ether oxygens (including phenoxy) is 1. The second kappa shape index (κ2) is 11.9. The highest BCUT2D eigenvalue weighted by Gasteiger charge is 2.36. The smallest absolute Gasteiger partial charge is 0.127 e. The van der Waals surface area contributed by atoms with Crippen LogP contribution in [0.1, 0.15) is 102 Å². The van der Waals surface area contributed by atoms with Gasteiger partial charge in [0.25, 0.3) is 0 Å². The number of benzene rings is 4. The fraction of sp³-hybridized carbons (Fsp3) is 0.381. The molecule has 0 spiro atoms. The first-order valence-electron chi connectivity index (χ1n) is 16.2. The molecule has 0 heterocycles. The summed E-state index contributed by atoms with van der Waals surface area (Å²) in [5.74, 6) is 1.37. The summed E-state index contributed by atoms with van der Waals surface area (Å²) in [6.45, 7) is 27.6. The predicted octanol–water partition coefficient (Wildman–Crippen LogP) is 9.87. The predicted molar refractivity (Wildman–Crippen MR) is 193 cm³/mol. The van der Waals surface area contributed by atoms with Crippen LogP contribution in [0.25, 0.3) is 11.1 Å². The zero-order valence-corrected chi connectivity index (χ0v) is 29.7. The number of rotatable bonds is 7. The van der Waals surface area contributed by atoms with E-state index in [0.717, 1.165) is 11.8 Å². The minimum Gasteiger partial charge on any atom is -0.489 e. The quantitative estimate of drug-likeness (QED) is 0.152. The molecule has 229 valence electrons. The van der Waals surface area contributed by atoms with Crippen molar-refractivity contribution < 1.29 is 4.74 Å². The van der Waals surface area contributed by atoms with E-state index < -0.39 is 8.80 Å². The summed E-state index contributed by atoms with van der Waals surface area (Å²) in [5.41, 5.74) is 11.3. The molecule has 1 aliphatic rings. The van der Waals surface area contributed by atoms with Crippen molar-refractivity contribution in [2.24, 2.45) is 0 Å². The van der Waals surface area contributed by atoms with Crippen LogP contribution >= 0.6 is 0 Å². The summed E-state index contributed by atoms with van der Waals surface area (Å²) >= 11 is 0. The Hall–Kier alpha value is -3.36. The van der Waals surface area contributed by atoms with E-state index in [-0.39, 0.29) is 16.2 Å². The van der Waals surface area contributed by atoms with Gasteiger partial charge in [0, 0.05) is 5.92 Å². The van der Waals surface area contributed by atoms with Crippen LogP contribution < -0.4 is 15.1 Å². The maximum atomic E-state index is 6.64. The van der Waals surface area contributed by atoms with Crippen molar-refractivity contribution in [2.75, 3.05) is 6.61 Å². The van der Waals surface area contributed by atoms with Gasteiger partial charge in [0.05, 0.1) is 0 Å². The van der Waals surface area contributed by atoms with E-state index in [1.54, 1.807) is 0 Å². The van der Waals surface area contributed by atoms with Crippen LogP contribution in [0.5, 0.6) is 5.75 Å². The van der Waals surface area contributed by atoms with Crippen molar-refractivity contribution in [2.45, 2.75) is 97.4 Å². The maximum absolute atomic E-state index is 6.64. The Labute approximate surface area is 269 Å². The van der Waals surface area contributed by atoms with Crippen LogP contribution in [0.2, 0.25) is 6.04 Å². The van der Waals surface area contributed by atoms with E-state index in [9.17, 15) is 0 Å². The number of hydrogen-bond donors (Lipinski definition) is 0. The first kappa shape index (κ1) is 32.0. The molecule has 0 amide bonds.